The van der Waals surface area contributed by atoms with E-state index in [-0.39, 0.29) is 6.54 Å². The first kappa shape index (κ1) is 20.3. The molecule has 0 saturated carbocycles. The highest BCUT2D eigenvalue weighted by Gasteiger charge is 2.55. The van der Waals surface area contributed by atoms with Crippen LogP contribution in [0, 0.1) is 13.8 Å². The number of nitrogens with one attached hydrogen (secondary N) is 1. The summed E-state index contributed by atoms with van der Waals surface area (Å²) >= 11 is 12.2. The predicted molar refractivity (Wildman–Crippen MR) is 113 cm³/mol. The van der Waals surface area contributed by atoms with E-state index < -0.39 is 29.8 Å². The second kappa shape index (κ2) is 7.70. The maximum absolute atomic E-state index is 13.0. The normalized spacial score (nSPS) is 20.1. The number of halogens is 2. The second-order valence-corrected chi connectivity index (χ2v) is 7.91. The van der Waals surface area contributed by atoms with Crippen LogP contribution >= 0.6 is 23.2 Å². The van der Waals surface area contributed by atoms with E-state index in [9.17, 15) is 14.4 Å². The zero-order valence-corrected chi connectivity index (χ0v) is 17.6. The molecule has 1 saturated heterocycles. The Bertz CT molecular complexity index is 1100. The Kier molecular flexibility index (Phi) is 5.21. The average molecular weight is 446 g/mol. The summed E-state index contributed by atoms with van der Waals surface area (Å²) in [7, 11) is 0. The van der Waals surface area contributed by atoms with Crippen LogP contribution in [0.3, 0.4) is 0 Å². The molecule has 30 heavy (non-hydrogen) atoms. The zero-order chi connectivity index (χ0) is 21.6. The molecule has 0 aromatic heterocycles. The topological polar surface area (TPSA) is 94.4 Å². The number of aryl methyl sites for hydroxylation is 1. The summed E-state index contributed by atoms with van der Waals surface area (Å²) in [6.45, 7) is 3.37. The van der Waals surface area contributed by atoms with Crippen LogP contribution in [0.1, 0.15) is 11.1 Å². The molecule has 2 aliphatic heterocycles. The average Bonchev–Trinajstić information content (AvgIpc) is 3.21. The molecular weight excluding hydrogens is 429 g/mol. The third kappa shape index (κ3) is 3.42. The van der Waals surface area contributed by atoms with E-state index in [1.165, 1.54) is 5.01 Å². The third-order valence-electron chi connectivity index (χ3n) is 5.12. The van der Waals surface area contributed by atoms with Crippen LogP contribution in [0.2, 0.25) is 10.0 Å². The van der Waals surface area contributed by atoms with Gasteiger partial charge in [0.1, 0.15) is 6.54 Å². The number of carbonyl (C=O) groups is 3. The molecule has 0 radical (unpaired) electrons. The lowest BCUT2D eigenvalue weighted by molar-refractivity contribution is -0.123. The molecule has 154 valence electrons. The molecule has 0 unspecified atom stereocenters. The van der Waals surface area contributed by atoms with Gasteiger partial charge in [-0.25, -0.2) is 4.90 Å². The highest BCUT2D eigenvalue weighted by molar-refractivity contribution is 6.32. The van der Waals surface area contributed by atoms with Crippen molar-refractivity contribution >= 4 is 52.3 Å². The smallest absolute Gasteiger partial charge is 0.263 e. The SMILES string of the molecule is Cc1ccc(N2C(=O)[C@H]3N=NN(CC(=O)Nc4cccc(Cl)c4C)[C@H]3C2=O)cc1Cl. The molecule has 0 aliphatic carbocycles. The number of hydrogen-bond donors (Lipinski definition) is 1. The van der Waals surface area contributed by atoms with E-state index in [0.29, 0.717) is 21.4 Å². The first-order chi connectivity index (χ1) is 14.3. The van der Waals surface area contributed by atoms with Crippen molar-refractivity contribution in [3.05, 3.63) is 57.6 Å². The monoisotopic (exact) mass is 445 g/mol. The lowest BCUT2D eigenvalue weighted by Gasteiger charge is -2.20. The van der Waals surface area contributed by atoms with Crippen molar-refractivity contribution < 1.29 is 14.4 Å². The molecule has 8 nitrogen and oxygen atoms in total. The van der Waals surface area contributed by atoms with Gasteiger partial charge in [0, 0.05) is 15.7 Å². The van der Waals surface area contributed by atoms with E-state index in [1.54, 1.807) is 43.3 Å². The summed E-state index contributed by atoms with van der Waals surface area (Å²) in [5.74, 6) is -1.40. The summed E-state index contributed by atoms with van der Waals surface area (Å²) in [6, 6.07) is 8.15. The number of rotatable bonds is 4. The van der Waals surface area contributed by atoms with Crippen LogP contribution < -0.4 is 10.2 Å². The largest absolute Gasteiger partial charge is 0.324 e. The molecule has 3 amide bonds. The quantitative estimate of drug-likeness (QED) is 0.727. The number of fused-ring (bicyclic) bond motifs is 1. The van der Waals surface area contributed by atoms with Crippen molar-refractivity contribution in [2.45, 2.75) is 25.9 Å². The van der Waals surface area contributed by atoms with E-state index in [1.807, 2.05) is 6.92 Å². The highest BCUT2D eigenvalue weighted by atomic mass is 35.5. The van der Waals surface area contributed by atoms with Gasteiger partial charge in [-0.15, -0.1) is 0 Å². The molecule has 2 aliphatic rings. The summed E-state index contributed by atoms with van der Waals surface area (Å²) in [6.07, 6.45) is 0. The van der Waals surface area contributed by atoms with E-state index >= 15 is 0 Å². The third-order valence-corrected chi connectivity index (χ3v) is 5.94. The van der Waals surface area contributed by atoms with Gasteiger partial charge in [-0.3, -0.25) is 19.4 Å². The Morgan fingerprint density at radius 2 is 1.87 bits per heavy atom. The lowest BCUT2D eigenvalue weighted by atomic mass is 10.1. The molecular formula is C20H17Cl2N5O3. The van der Waals surface area contributed by atoms with Crippen molar-refractivity contribution in [2.75, 3.05) is 16.8 Å². The van der Waals surface area contributed by atoms with Crippen molar-refractivity contribution in [3.8, 4) is 0 Å². The minimum absolute atomic E-state index is 0.238. The van der Waals surface area contributed by atoms with Gasteiger partial charge in [-0.2, -0.15) is 5.11 Å². The fraction of sp³-hybridized carbons (Fsp3) is 0.250. The minimum atomic E-state index is -0.988. The van der Waals surface area contributed by atoms with Gasteiger partial charge in [0.2, 0.25) is 5.91 Å². The molecule has 2 atom stereocenters. The fourth-order valence-corrected chi connectivity index (χ4v) is 3.76. The Labute approximate surface area is 182 Å². The maximum atomic E-state index is 13.0. The highest BCUT2D eigenvalue weighted by Crippen LogP contribution is 2.33. The predicted octanol–water partition coefficient (Wildman–Crippen LogP) is 3.54. The van der Waals surface area contributed by atoms with Gasteiger partial charge in [0.05, 0.1) is 5.69 Å². The van der Waals surface area contributed by atoms with Crippen molar-refractivity contribution in [3.63, 3.8) is 0 Å². The summed E-state index contributed by atoms with van der Waals surface area (Å²) < 4.78 is 0. The van der Waals surface area contributed by atoms with Gasteiger partial charge in [-0.1, -0.05) is 40.6 Å². The number of amides is 3. The molecule has 0 bridgehead atoms. The van der Waals surface area contributed by atoms with Crippen LogP contribution in [0.4, 0.5) is 11.4 Å². The van der Waals surface area contributed by atoms with Crippen LogP contribution in [-0.4, -0.2) is 41.4 Å². The minimum Gasteiger partial charge on any atom is -0.324 e. The number of hydrogen-bond acceptors (Lipinski definition) is 6. The Hall–Kier alpha value is -2.97. The van der Waals surface area contributed by atoms with Crippen LogP contribution in [0.25, 0.3) is 0 Å². The number of nitrogens with zero attached hydrogens (tertiary/aromatic N) is 4. The van der Waals surface area contributed by atoms with Crippen molar-refractivity contribution in [2.24, 2.45) is 10.3 Å². The first-order valence-corrected chi connectivity index (χ1v) is 9.90. The van der Waals surface area contributed by atoms with Gasteiger partial charge < -0.3 is 5.32 Å². The van der Waals surface area contributed by atoms with E-state index in [4.69, 9.17) is 23.2 Å². The van der Waals surface area contributed by atoms with Crippen molar-refractivity contribution in [1.82, 2.24) is 5.01 Å². The molecule has 0 spiro atoms. The van der Waals surface area contributed by atoms with E-state index in [0.717, 1.165) is 16.0 Å². The molecule has 1 fully saturated rings. The Morgan fingerprint density at radius 3 is 2.60 bits per heavy atom. The number of benzene rings is 2. The number of imide groups is 1. The van der Waals surface area contributed by atoms with Crippen LogP contribution in [-0.2, 0) is 14.4 Å². The summed E-state index contributed by atoms with van der Waals surface area (Å²) in [5.41, 5.74) is 2.48. The van der Waals surface area contributed by atoms with Crippen molar-refractivity contribution in [1.29, 1.82) is 0 Å². The Morgan fingerprint density at radius 1 is 1.10 bits per heavy atom. The summed E-state index contributed by atoms with van der Waals surface area (Å²) in [4.78, 5) is 39.3. The second-order valence-electron chi connectivity index (χ2n) is 7.10. The van der Waals surface area contributed by atoms with Gasteiger partial charge in [0.25, 0.3) is 11.8 Å². The van der Waals surface area contributed by atoms with Gasteiger partial charge in [0.15, 0.2) is 12.1 Å². The number of carbonyl (C=O) groups excluding carboxylic acids is 3. The first-order valence-electron chi connectivity index (χ1n) is 9.14. The van der Waals surface area contributed by atoms with Gasteiger partial charge >= 0.3 is 0 Å². The van der Waals surface area contributed by atoms with Crippen LogP contribution in [0.15, 0.2) is 46.7 Å². The fourth-order valence-electron chi connectivity index (χ4n) is 3.41. The standard InChI is InChI=1S/C20H17Cl2N5O3/c1-10-6-7-12(8-14(10)22)27-19(29)17-18(20(27)30)26(25-24-17)9-16(28)23-15-5-3-4-13(21)11(15)2/h3-8,17-18H,9H2,1-2H3,(H,23,28)/t17-,18+/m0/s1. The maximum Gasteiger partial charge on any atom is 0.263 e. The molecule has 1 N–H and O–H groups in total. The molecule has 2 aromatic carbocycles. The summed E-state index contributed by atoms with van der Waals surface area (Å²) in [5, 5.41) is 12.8. The zero-order valence-electron chi connectivity index (χ0n) is 16.1. The van der Waals surface area contributed by atoms with Crippen LogP contribution in [0.5, 0.6) is 0 Å². The van der Waals surface area contributed by atoms with Gasteiger partial charge in [-0.05, 0) is 49.2 Å². The van der Waals surface area contributed by atoms with E-state index in [2.05, 4.69) is 15.7 Å². The molecule has 2 aromatic rings. The molecule has 10 heteroatoms. The Balaban J connectivity index is 1.51. The lowest BCUT2D eigenvalue weighted by Crippen LogP contribution is -2.43. The number of anilines is 2. The molecule has 2 heterocycles. The molecule has 4 rings (SSSR count).